The molecule has 1 unspecified atom stereocenters. The third kappa shape index (κ3) is 7.33. The summed E-state index contributed by atoms with van der Waals surface area (Å²) in [5.41, 5.74) is 5.73. The van der Waals surface area contributed by atoms with Gasteiger partial charge in [-0.05, 0) is 19.3 Å². The van der Waals surface area contributed by atoms with Crippen molar-refractivity contribution in [2.24, 2.45) is 5.73 Å². The third-order valence-electron chi connectivity index (χ3n) is 2.42. The first kappa shape index (κ1) is 16.4. The molecule has 5 nitrogen and oxygen atoms in total. The maximum absolute atomic E-state index is 11.9. The van der Waals surface area contributed by atoms with E-state index in [2.05, 4.69) is 0 Å². The average Bonchev–Trinajstić information content (AvgIpc) is 2.23. The molecule has 0 saturated heterocycles. The summed E-state index contributed by atoms with van der Waals surface area (Å²) in [5, 5.41) is 0. The van der Waals surface area contributed by atoms with Gasteiger partial charge < -0.3 is 10.6 Å². The van der Waals surface area contributed by atoms with E-state index in [1.165, 1.54) is 0 Å². The van der Waals surface area contributed by atoms with Crippen LogP contribution in [0.1, 0.15) is 33.1 Å². The molecule has 2 N–H and O–H groups in total. The largest absolute Gasteiger partial charge is 0.341 e. The minimum atomic E-state index is -3.05. The van der Waals surface area contributed by atoms with Crippen molar-refractivity contribution < 1.29 is 13.2 Å². The van der Waals surface area contributed by atoms with E-state index in [0.717, 1.165) is 19.1 Å². The van der Waals surface area contributed by atoms with Gasteiger partial charge in [0.2, 0.25) is 5.91 Å². The number of nitrogens with zero attached hydrogens (tertiary/aromatic N) is 1. The lowest BCUT2D eigenvalue weighted by Gasteiger charge is -2.24. The Hall–Kier alpha value is -0.620. The molecule has 1 atom stereocenters. The highest BCUT2D eigenvalue weighted by molar-refractivity contribution is 7.90. The summed E-state index contributed by atoms with van der Waals surface area (Å²) in [7, 11) is -3.05. The summed E-state index contributed by atoms with van der Waals surface area (Å²) in [6, 6.07) is -0.706. The molecule has 0 aromatic heterocycles. The van der Waals surface area contributed by atoms with E-state index in [1.807, 2.05) is 13.8 Å². The molecule has 0 heterocycles. The van der Waals surface area contributed by atoms with Gasteiger partial charge in [-0.3, -0.25) is 4.79 Å². The summed E-state index contributed by atoms with van der Waals surface area (Å²) >= 11 is 0. The van der Waals surface area contributed by atoms with E-state index in [0.29, 0.717) is 13.1 Å². The first-order valence-electron chi connectivity index (χ1n) is 6.03. The van der Waals surface area contributed by atoms with Crippen LogP contribution in [0, 0.1) is 0 Å². The van der Waals surface area contributed by atoms with Crippen molar-refractivity contribution in [3.8, 4) is 0 Å². The average molecular weight is 264 g/mol. The second-order valence-electron chi connectivity index (χ2n) is 4.35. The van der Waals surface area contributed by atoms with Crippen molar-refractivity contribution in [3.05, 3.63) is 0 Å². The summed E-state index contributed by atoms with van der Waals surface area (Å²) in [6.45, 7) is 5.36. The van der Waals surface area contributed by atoms with E-state index < -0.39 is 15.9 Å². The predicted molar refractivity (Wildman–Crippen MR) is 69.5 cm³/mol. The van der Waals surface area contributed by atoms with Crippen molar-refractivity contribution in [1.82, 2.24) is 4.90 Å². The summed E-state index contributed by atoms with van der Waals surface area (Å²) in [5.74, 6) is -0.177. The summed E-state index contributed by atoms with van der Waals surface area (Å²) < 4.78 is 22.0. The molecule has 6 heteroatoms. The summed E-state index contributed by atoms with van der Waals surface area (Å²) in [6.07, 6.45) is 3.11. The molecular formula is C11H24N2O3S. The number of carbonyl (C=O) groups is 1. The topological polar surface area (TPSA) is 80.5 Å². The first-order valence-corrected chi connectivity index (χ1v) is 8.10. The van der Waals surface area contributed by atoms with E-state index in [-0.39, 0.29) is 18.1 Å². The fraction of sp³-hybridized carbons (Fsp3) is 0.909. The zero-order valence-corrected chi connectivity index (χ0v) is 11.8. The molecule has 0 aromatic rings. The Balaban J connectivity index is 4.34. The molecule has 1 amide bonds. The van der Waals surface area contributed by atoms with Crippen LogP contribution in [-0.2, 0) is 14.6 Å². The van der Waals surface area contributed by atoms with Gasteiger partial charge in [0.25, 0.3) is 0 Å². The lowest BCUT2D eigenvalue weighted by molar-refractivity contribution is -0.132. The van der Waals surface area contributed by atoms with Gasteiger partial charge in [-0.2, -0.15) is 0 Å². The van der Waals surface area contributed by atoms with Crippen LogP contribution >= 0.6 is 0 Å². The van der Waals surface area contributed by atoms with Crippen molar-refractivity contribution in [3.63, 3.8) is 0 Å². The quantitative estimate of drug-likeness (QED) is 0.688. The molecule has 0 spiro atoms. The number of sulfone groups is 1. The Morgan fingerprint density at radius 1 is 1.24 bits per heavy atom. The molecule has 0 fully saturated rings. The van der Waals surface area contributed by atoms with Crippen molar-refractivity contribution >= 4 is 15.7 Å². The van der Waals surface area contributed by atoms with Crippen molar-refractivity contribution in [2.45, 2.75) is 39.2 Å². The second-order valence-corrected chi connectivity index (χ2v) is 6.61. The van der Waals surface area contributed by atoms with Gasteiger partial charge in [0.15, 0.2) is 0 Å². The zero-order chi connectivity index (χ0) is 13.5. The van der Waals surface area contributed by atoms with Gasteiger partial charge in [-0.25, -0.2) is 8.42 Å². The van der Waals surface area contributed by atoms with Crippen LogP contribution in [0.25, 0.3) is 0 Å². The minimum absolute atomic E-state index is 0.0357. The highest BCUT2D eigenvalue weighted by atomic mass is 32.2. The molecule has 0 rings (SSSR count). The number of rotatable bonds is 8. The maximum atomic E-state index is 11.9. The Labute approximate surface area is 104 Å². The molecule has 0 aliphatic rings. The van der Waals surface area contributed by atoms with Gasteiger partial charge in [0, 0.05) is 19.3 Å². The molecule has 102 valence electrons. The lowest BCUT2D eigenvalue weighted by atomic mass is 10.2. The Bertz CT molecular complexity index is 322. The van der Waals surface area contributed by atoms with Gasteiger partial charge in [-0.1, -0.05) is 13.8 Å². The van der Waals surface area contributed by atoms with Crippen molar-refractivity contribution in [1.29, 1.82) is 0 Å². The van der Waals surface area contributed by atoms with E-state index in [9.17, 15) is 13.2 Å². The highest BCUT2D eigenvalue weighted by Crippen LogP contribution is 2.02. The Morgan fingerprint density at radius 3 is 2.06 bits per heavy atom. The van der Waals surface area contributed by atoms with E-state index >= 15 is 0 Å². The van der Waals surface area contributed by atoms with Crippen LogP contribution in [0.15, 0.2) is 0 Å². The molecule has 17 heavy (non-hydrogen) atoms. The van der Waals surface area contributed by atoms with Gasteiger partial charge >= 0.3 is 0 Å². The fourth-order valence-electron chi connectivity index (χ4n) is 1.57. The van der Waals surface area contributed by atoms with Crippen LogP contribution in [-0.4, -0.2) is 50.4 Å². The van der Waals surface area contributed by atoms with Crippen LogP contribution in [0.4, 0.5) is 0 Å². The lowest BCUT2D eigenvalue weighted by Crippen LogP contribution is -2.45. The molecule has 0 aliphatic carbocycles. The van der Waals surface area contributed by atoms with Crippen LogP contribution in [0.2, 0.25) is 0 Å². The predicted octanol–water partition coefficient (Wildman–Crippen LogP) is 0.397. The van der Waals surface area contributed by atoms with Crippen LogP contribution in [0.3, 0.4) is 0 Å². The fourth-order valence-corrected chi connectivity index (χ4v) is 2.25. The Morgan fingerprint density at radius 2 is 1.71 bits per heavy atom. The molecule has 0 aromatic carbocycles. The highest BCUT2D eigenvalue weighted by Gasteiger charge is 2.20. The molecular weight excluding hydrogens is 240 g/mol. The normalized spacial score (nSPS) is 13.4. The standard InChI is InChI=1S/C11H24N2O3S/c1-4-7-13(8-5-2)11(14)10(12)6-9-17(3,15)16/h10H,4-9,12H2,1-3H3. The number of hydrogen-bond donors (Lipinski definition) is 1. The van der Waals surface area contributed by atoms with Crippen LogP contribution < -0.4 is 5.73 Å². The summed E-state index contributed by atoms with van der Waals surface area (Å²) in [4.78, 5) is 13.7. The van der Waals surface area contributed by atoms with Crippen molar-refractivity contribution in [2.75, 3.05) is 25.1 Å². The van der Waals surface area contributed by atoms with Gasteiger partial charge in [0.05, 0.1) is 11.8 Å². The SMILES string of the molecule is CCCN(CCC)C(=O)C(N)CCS(C)(=O)=O. The van der Waals surface area contributed by atoms with Gasteiger partial charge in [0.1, 0.15) is 9.84 Å². The number of amides is 1. The van der Waals surface area contributed by atoms with Gasteiger partial charge in [-0.15, -0.1) is 0 Å². The molecule has 0 aliphatic heterocycles. The minimum Gasteiger partial charge on any atom is -0.341 e. The first-order chi connectivity index (χ1) is 7.81. The number of carbonyl (C=O) groups excluding carboxylic acids is 1. The number of hydrogen-bond acceptors (Lipinski definition) is 4. The maximum Gasteiger partial charge on any atom is 0.239 e. The molecule has 0 bridgehead atoms. The third-order valence-corrected chi connectivity index (χ3v) is 3.39. The molecule has 0 saturated carbocycles. The molecule has 0 radical (unpaired) electrons. The Kier molecular flexibility index (Phi) is 7.38. The van der Waals surface area contributed by atoms with E-state index in [4.69, 9.17) is 5.73 Å². The monoisotopic (exact) mass is 264 g/mol. The smallest absolute Gasteiger partial charge is 0.239 e. The van der Waals surface area contributed by atoms with Crippen LogP contribution in [0.5, 0.6) is 0 Å². The number of nitrogens with two attached hydrogens (primary N) is 1. The second kappa shape index (κ2) is 7.66. The van der Waals surface area contributed by atoms with E-state index in [1.54, 1.807) is 4.90 Å². The zero-order valence-electron chi connectivity index (χ0n) is 11.0.